The van der Waals surface area contributed by atoms with Gasteiger partial charge in [-0.25, -0.2) is 9.79 Å². The number of halogens is 1. The molecule has 1 fully saturated rings. The van der Waals surface area contributed by atoms with E-state index >= 15 is 0 Å². The van der Waals surface area contributed by atoms with E-state index < -0.39 is 5.97 Å². The minimum atomic E-state index is -0.439. The van der Waals surface area contributed by atoms with Gasteiger partial charge in [-0.1, -0.05) is 11.6 Å². The van der Waals surface area contributed by atoms with Crippen molar-refractivity contribution in [2.24, 2.45) is 4.99 Å². The fourth-order valence-electron chi connectivity index (χ4n) is 2.63. The van der Waals surface area contributed by atoms with Crippen LogP contribution in [-0.4, -0.2) is 38.2 Å². The van der Waals surface area contributed by atoms with Crippen molar-refractivity contribution in [2.45, 2.75) is 0 Å². The van der Waals surface area contributed by atoms with Crippen LogP contribution in [0, 0.1) is 0 Å². The van der Waals surface area contributed by atoms with Crippen molar-refractivity contribution in [1.82, 2.24) is 0 Å². The summed E-state index contributed by atoms with van der Waals surface area (Å²) in [6, 6.07) is 11.1. The second kappa shape index (κ2) is 7.00. The van der Waals surface area contributed by atoms with Gasteiger partial charge < -0.3 is 14.4 Å². The molecule has 0 bridgehead atoms. The lowest BCUT2D eigenvalue weighted by Crippen LogP contribution is -2.35. The number of anilines is 1. The third kappa shape index (κ3) is 3.61. The summed E-state index contributed by atoms with van der Waals surface area (Å²) in [6.07, 6.45) is 1.76. The maximum atomic E-state index is 12.1. The molecule has 0 atom stereocenters. The van der Waals surface area contributed by atoms with Crippen LogP contribution in [0.3, 0.4) is 0 Å². The number of thiophene rings is 1. The Bertz CT molecular complexity index is 851. The predicted molar refractivity (Wildman–Crippen MR) is 99.4 cm³/mol. The summed E-state index contributed by atoms with van der Waals surface area (Å²) in [5.74, 6) is -0.135. The lowest BCUT2D eigenvalue weighted by atomic mass is 10.2. The van der Waals surface area contributed by atoms with Gasteiger partial charge in [-0.15, -0.1) is 11.3 Å². The van der Waals surface area contributed by atoms with Crippen LogP contribution < -0.4 is 4.90 Å². The molecule has 2 aliphatic heterocycles. The standard InChI is InChI=1S/C18H15ClN2O3S/c19-13-3-1-12(2-4-13)17-20-15(18(22)24-17)11-14-5-6-16(25-14)21-7-9-23-10-8-21/h1-6,11H,7-10H2/b15-11+. The van der Waals surface area contributed by atoms with Crippen LogP contribution >= 0.6 is 22.9 Å². The van der Waals surface area contributed by atoms with Crippen LogP contribution in [0.25, 0.3) is 6.08 Å². The van der Waals surface area contributed by atoms with Gasteiger partial charge in [0.1, 0.15) is 0 Å². The number of nitrogens with zero attached hydrogens (tertiary/aromatic N) is 2. The molecule has 7 heteroatoms. The van der Waals surface area contributed by atoms with Gasteiger partial charge in [0.2, 0.25) is 5.90 Å². The van der Waals surface area contributed by atoms with Crippen molar-refractivity contribution >= 4 is 45.9 Å². The quantitative estimate of drug-likeness (QED) is 0.608. The van der Waals surface area contributed by atoms with Crippen LogP contribution in [0.1, 0.15) is 10.4 Å². The SMILES string of the molecule is O=C1OC(c2ccc(Cl)cc2)=N/C1=C/c1ccc(N2CCOCC2)s1. The number of aliphatic imine (C=N–C) groups is 1. The third-order valence-corrected chi connectivity index (χ3v) is 5.27. The van der Waals surface area contributed by atoms with Crippen LogP contribution in [0.5, 0.6) is 0 Å². The Kier molecular flexibility index (Phi) is 4.57. The zero-order valence-electron chi connectivity index (χ0n) is 13.3. The fraction of sp³-hybridized carbons (Fsp3) is 0.222. The molecule has 0 saturated carbocycles. The summed E-state index contributed by atoms with van der Waals surface area (Å²) in [7, 11) is 0. The van der Waals surface area contributed by atoms with Crippen LogP contribution in [0.2, 0.25) is 5.02 Å². The summed E-state index contributed by atoms with van der Waals surface area (Å²) in [4.78, 5) is 19.7. The molecule has 0 spiro atoms. The Morgan fingerprint density at radius 3 is 2.64 bits per heavy atom. The minimum Gasteiger partial charge on any atom is -0.402 e. The van der Waals surface area contributed by atoms with Gasteiger partial charge in [0.15, 0.2) is 5.70 Å². The molecule has 5 nitrogen and oxygen atoms in total. The maximum absolute atomic E-state index is 12.1. The zero-order valence-corrected chi connectivity index (χ0v) is 14.8. The highest BCUT2D eigenvalue weighted by molar-refractivity contribution is 7.16. The Labute approximate surface area is 154 Å². The number of hydrogen-bond acceptors (Lipinski definition) is 6. The molecule has 25 heavy (non-hydrogen) atoms. The van der Waals surface area contributed by atoms with Gasteiger partial charge in [0.25, 0.3) is 0 Å². The highest BCUT2D eigenvalue weighted by Gasteiger charge is 2.24. The minimum absolute atomic E-state index is 0.304. The van der Waals surface area contributed by atoms with E-state index in [9.17, 15) is 4.79 Å². The van der Waals surface area contributed by atoms with Gasteiger partial charge in [-0.05, 0) is 42.5 Å². The molecule has 0 radical (unpaired) electrons. The van der Waals surface area contributed by atoms with E-state index in [1.807, 2.05) is 6.07 Å². The summed E-state index contributed by atoms with van der Waals surface area (Å²) >= 11 is 7.51. The molecule has 0 unspecified atom stereocenters. The third-order valence-electron chi connectivity index (χ3n) is 3.93. The van der Waals surface area contributed by atoms with E-state index in [-0.39, 0.29) is 0 Å². The van der Waals surface area contributed by atoms with Crippen molar-refractivity contribution in [2.75, 3.05) is 31.2 Å². The Morgan fingerprint density at radius 1 is 1.12 bits per heavy atom. The van der Waals surface area contributed by atoms with Gasteiger partial charge in [-0.2, -0.15) is 0 Å². The number of cyclic esters (lactones) is 1. The predicted octanol–water partition coefficient (Wildman–Crippen LogP) is 3.58. The second-order valence-corrected chi connectivity index (χ2v) is 7.15. The largest absolute Gasteiger partial charge is 0.402 e. The molecule has 4 rings (SSSR count). The molecular formula is C18H15ClN2O3S. The number of morpholine rings is 1. The molecule has 1 aromatic carbocycles. The first-order chi connectivity index (χ1) is 12.2. The van der Waals surface area contributed by atoms with Crippen molar-refractivity contribution in [3.63, 3.8) is 0 Å². The highest BCUT2D eigenvalue weighted by Crippen LogP contribution is 2.29. The molecule has 0 amide bonds. The molecule has 3 heterocycles. The van der Waals surface area contributed by atoms with Gasteiger partial charge in [0, 0.05) is 28.6 Å². The first-order valence-corrected chi connectivity index (χ1v) is 9.09. The first kappa shape index (κ1) is 16.3. The molecule has 1 aromatic heterocycles. The molecule has 1 saturated heterocycles. The van der Waals surface area contributed by atoms with Gasteiger partial charge in [0.05, 0.1) is 18.2 Å². The Hall–Kier alpha value is -2.15. The van der Waals surface area contributed by atoms with Crippen LogP contribution in [-0.2, 0) is 14.3 Å². The number of benzene rings is 1. The van der Waals surface area contributed by atoms with Crippen molar-refractivity contribution in [3.8, 4) is 0 Å². The fourth-order valence-corrected chi connectivity index (χ4v) is 3.76. The van der Waals surface area contributed by atoms with Crippen molar-refractivity contribution < 1.29 is 14.3 Å². The number of carbonyl (C=O) groups excluding carboxylic acids is 1. The summed E-state index contributed by atoms with van der Waals surface area (Å²) < 4.78 is 10.6. The Balaban J connectivity index is 1.55. The molecule has 128 valence electrons. The molecule has 2 aliphatic rings. The lowest BCUT2D eigenvalue weighted by Gasteiger charge is -2.27. The normalized spacial score (nSPS) is 19.2. The number of rotatable bonds is 3. The monoisotopic (exact) mass is 374 g/mol. The topological polar surface area (TPSA) is 51.1 Å². The molecule has 0 aliphatic carbocycles. The number of carbonyl (C=O) groups is 1. The van der Waals surface area contributed by atoms with E-state index in [0.29, 0.717) is 16.6 Å². The van der Waals surface area contributed by atoms with E-state index in [1.54, 1.807) is 41.7 Å². The first-order valence-electron chi connectivity index (χ1n) is 7.90. The summed E-state index contributed by atoms with van der Waals surface area (Å²) in [5.41, 5.74) is 1.03. The van der Waals surface area contributed by atoms with E-state index in [0.717, 1.165) is 36.7 Å². The van der Waals surface area contributed by atoms with Crippen molar-refractivity contribution in [3.05, 3.63) is 57.6 Å². The number of ether oxygens (including phenoxy) is 2. The number of hydrogen-bond donors (Lipinski definition) is 0. The average molecular weight is 375 g/mol. The highest BCUT2D eigenvalue weighted by atomic mass is 35.5. The van der Waals surface area contributed by atoms with E-state index in [2.05, 4.69) is 16.0 Å². The average Bonchev–Trinajstić information content (AvgIpc) is 3.24. The van der Waals surface area contributed by atoms with Crippen LogP contribution in [0.15, 0.2) is 47.1 Å². The lowest BCUT2D eigenvalue weighted by molar-refractivity contribution is -0.129. The van der Waals surface area contributed by atoms with Gasteiger partial charge >= 0.3 is 5.97 Å². The zero-order chi connectivity index (χ0) is 17.2. The summed E-state index contributed by atoms with van der Waals surface area (Å²) in [5, 5.41) is 1.79. The van der Waals surface area contributed by atoms with Crippen LogP contribution in [0.4, 0.5) is 5.00 Å². The Morgan fingerprint density at radius 2 is 1.88 bits per heavy atom. The molecular weight excluding hydrogens is 360 g/mol. The maximum Gasteiger partial charge on any atom is 0.363 e. The van der Waals surface area contributed by atoms with Gasteiger partial charge in [-0.3, -0.25) is 0 Å². The summed E-state index contributed by atoms with van der Waals surface area (Å²) in [6.45, 7) is 3.26. The smallest absolute Gasteiger partial charge is 0.363 e. The second-order valence-electron chi connectivity index (χ2n) is 5.62. The van der Waals surface area contributed by atoms with E-state index in [4.69, 9.17) is 21.1 Å². The van der Waals surface area contributed by atoms with Crippen molar-refractivity contribution in [1.29, 1.82) is 0 Å². The molecule has 0 N–H and O–H groups in total. The number of esters is 1. The van der Waals surface area contributed by atoms with E-state index in [1.165, 1.54) is 5.00 Å². The molecule has 2 aromatic rings.